The van der Waals surface area contributed by atoms with E-state index in [1.165, 1.54) is 24.6 Å². The van der Waals surface area contributed by atoms with Crippen LogP contribution in [0.5, 0.6) is 0 Å². The molecule has 29 heavy (non-hydrogen) atoms. The van der Waals surface area contributed by atoms with Crippen molar-refractivity contribution in [3.63, 3.8) is 0 Å². The Bertz CT molecular complexity index is 1140. The van der Waals surface area contributed by atoms with Gasteiger partial charge in [-0.1, -0.05) is 24.3 Å². The summed E-state index contributed by atoms with van der Waals surface area (Å²) in [6.45, 7) is 2.02. The first-order valence-corrected chi connectivity index (χ1v) is 8.82. The highest BCUT2D eigenvalue weighted by Gasteiger charge is 2.09. The number of hydrogen-bond acceptors (Lipinski definition) is 5. The molecular weight excluding hydrogens is 374 g/mol. The number of rotatable bonds is 5. The van der Waals surface area contributed by atoms with Crippen LogP contribution < -0.4 is 5.43 Å². The maximum Gasteiger partial charge on any atom is 0.247 e. The zero-order valence-corrected chi connectivity index (χ0v) is 15.4. The van der Waals surface area contributed by atoms with Gasteiger partial charge in [-0.25, -0.2) is 8.78 Å². The summed E-state index contributed by atoms with van der Waals surface area (Å²) in [4.78, 5) is 0. The van der Waals surface area contributed by atoms with Crippen LogP contribution in [0.3, 0.4) is 0 Å². The highest BCUT2D eigenvalue weighted by Crippen LogP contribution is 2.29. The molecule has 0 fully saturated rings. The van der Waals surface area contributed by atoms with Crippen LogP contribution in [0.25, 0.3) is 22.6 Å². The van der Waals surface area contributed by atoms with Gasteiger partial charge in [-0.15, -0.1) is 10.2 Å². The molecule has 0 aliphatic heterocycles. The second kappa shape index (κ2) is 8.02. The molecule has 1 heterocycles. The standard InChI is InChI=1S/C22H16F2N4O/c1-14-5-6-16(22-28-26-13-29-22)11-18(14)15-7-9-17(10-8-15)27-25-12-19-20(23)3-2-4-21(19)24/h2-13,27H,1H3/b25-12+. The molecule has 0 bridgehead atoms. The van der Waals surface area contributed by atoms with Crippen LogP contribution in [0.1, 0.15) is 11.1 Å². The van der Waals surface area contributed by atoms with E-state index in [2.05, 4.69) is 20.7 Å². The number of aryl methyl sites for hydroxylation is 1. The fourth-order valence-electron chi connectivity index (χ4n) is 2.89. The number of nitrogens with zero attached hydrogens (tertiary/aromatic N) is 3. The Morgan fingerprint density at radius 3 is 2.38 bits per heavy atom. The van der Waals surface area contributed by atoms with Gasteiger partial charge in [0.05, 0.1) is 17.5 Å². The Morgan fingerprint density at radius 1 is 0.966 bits per heavy atom. The molecule has 0 unspecified atom stereocenters. The number of aromatic nitrogens is 2. The predicted molar refractivity (Wildman–Crippen MR) is 107 cm³/mol. The van der Waals surface area contributed by atoms with E-state index >= 15 is 0 Å². The summed E-state index contributed by atoms with van der Waals surface area (Å²) >= 11 is 0. The number of hydrogen-bond donors (Lipinski definition) is 1. The summed E-state index contributed by atoms with van der Waals surface area (Å²) in [6, 6.07) is 17.1. The molecule has 0 saturated carbocycles. The molecule has 4 aromatic rings. The van der Waals surface area contributed by atoms with Gasteiger partial charge in [-0.05, 0) is 60.0 Å². The fourth-order valence-corrected chi connectivity index (χ4v) is 2.89. The molecule has 0 saturated heterocycles. The van der Waals surface area contributed by atoms with Gasteiger partial charge in [-0.2, -0.15) is 5.10 Å². The summed E-state index contributed by atoms with van der Waals surface area (Å²) in [6.07, 6.45) is 2.42. The third kappa shape index (κ3) is 4.03. The Hall–Kier alpha value is -3.87. The molecule has 0 spiro atoms. The Kier molecular flexibility index (Phi) is 5.11. The number of nitrogens with one attached hydrogen (secondary N) is 1. The normalized spacial score (nSPS) is 11.1. The molecule has 1 aromatic heterocycles. The van der Waals surface area contributed by atoms with E-state index in [0.29, 0.717) is 11.6 Å². The number of anilines is 1. The van der Waals surface area contributed by atoms with Crippen molar-refractivity contribution >= 4 is 11.9 Å². The van der Waals surface area contributed by atoms with Crippen molar-refractivity contribution in [1.82, 2.24) is 10.2 Å². The molecule has 144 valence electrons. The molecular formula is C22H16F2N4O. The van der Waals surface area contributed by atoms with Crippen molar-refractivity contribution in [2.45, 2.75) is 6.92 Å². The monoisotopic (exact) mass is 390 g/mol. The van der Waals surface area contributed by atoms with Crippen LogP contribution in [-0.4, -0.2) is 16.4 Å². The van der Waals surface area contributed by atoms with Gasteiger partial charge in [0.25, 0.3) is 0 Å². The van der Waals surface area contributed by atoms with Crippen molar-refractivity contribution in [2.24, 2.45) is 5.10 Å². The van der Waals surface area contributed by atoms with Crippen molar-refractivity contribution in [3.05, 3.63) is 89.8 Å². The smallest absolute Gasteiger partial charge is 0.247 e. The maximum atomic E-state index is 13.6. The summed E-state index contributed by atoms with van der Waals surface area (Å²) in [5, 5.41) is 11.6. The SMILES string of the molecule is Cc1ccc(-c2nnco2)cc1-c1ccc(N/N=C/c2c(F)cccc2F)cc1. The van der Waals surface area contributed by atoms with Gasteiger partial charge >= 0.3 is 0 Å². The van der Waals surface area contributed by atoms with Crippen molar-refractivity contribution in [2.75, 3.05) is 5.43 Å². The van der Waals surface area contributed by atoms with Crippen LogP contribution >= 0.6 is 0 Å². The minimum absolute atomic E-state index is 0.190. The van der Waals surface area contributed by atoms with E-state index in [9.17, 15) is 8.78 Å². The van der Waals surface area contributed by atoms with Crippen molar-refractivity contribution < 1.29 is 13.2 Å². The molecule has 1 N–H and O–H groups in total. The quantitative estimate of drug-likeness (QED) is 0.364. The molecule has 0 amide bonds. The average molecular weight is 390 g/mol. The second-order valence-electron chi connectivity index (χ2n) is 6.36. The lowest BCUT2D eigenvalue weighted by atomic mass is 9.98. The summed E-state index contributed by atoms with van der Waals surface area (Å²) in [5.74, 6) is -0.871. The Balaban J connectivity index is 1.53. The largest absolute Gasteiger partial charge is 0.423 e. The first-order valence-electron chi connectivity index (χ1n) is 8.82. The van der Waals surface area contributed by atoms with Crippen LogP contribution in [0.2, 0.25) is 0 Å². The van der Waals surface area contributed by atoms with E-state index in [0.717, 1.165) is 28.5 Å². The molecule has 0 atom stereocenters. The minimum atomic E-state index is -0.664. The third-order valence-corrected chi connectivity index (χ3v) is 4.43. The summed E-state index contributed by atoms with van der Waals surface area (Å²) < 4.78 is 32.5. The minimum Gasteiger partial charge on any atom is -0.423 e. The molecule has 3 aromatic carbocycles. The third-order valence-electron chi connectivity index (χ3n) is 4.43. The highest BCUT2D eigenvalue weighted by molar-refractivity contribution is 5.81. The lowest BCUT2D eigenvalue weighted by molar-refractivity contribution is 0.568. The van der Waals surface area contributed by atoms with E-state index in [1.54, 1.807) is 0 Å². The summed E-state index contributed by atoms with van der Waals surface area (Å²) in [7, 11) is 0. The Labute approximate surface area is 165 Å². The van der Waals surface area contributed by atoms with E-state index in [4.69, 9.17) is 4.42 Å². The molecule has 5 nitrogen and oxygen atoms in total. The van der Waals surface area contributed by atoms with Gasteiger partial charge in [-0.3, -0.25) is 5.43 Å². The summed E-state index contributed by atoms with van der Waals surface area (Å²) in [5.41, 5.74) is 7.24. The molecule has 0 radical (unpaired) electrons. The van der Waals surface area contributed by atoms with Gasteiger partial charge in [0.15, 0.2) is 0 Å². The van der Waals surface area contributed by atoms with Crippen LogP contribution in [0.4, 0.5) is 14.5 Å². The van der Waals surface area contributed by atoms with E-state index < -0.39 is 11.6 Å². The fraction of sp³-hybridized carbons (Fsp3) is 0.0455. The Morgan fingerprint density at radius 2 is 1.69 bits per heavy atom. The van der Waals surface area contributed by atoms with Gasteiger partial charge in [0.2, 0.25) is 12.3 Å². The van der Waals surface area contributed by atoms with Crippen molar-refractivity contribution in [3.8, 4) is 22.6 Å². The van der Waals surface area contributed by atoms with Crippen LogP contribution in [0.15, 0.2) is 76.6 Å². The van der Waals surface area contributed by atoms with E-state index in [-0.39, 0.29) is 5.56 Å². The lowest BCUT2D eigenvalue weighted by Gasteiger charge is -2.09. The van der Waals surface area contributed by atoms with Gasteiger partial charge in [0.1, 0.15) is 11.6 Å². The first kappa shape index (κ1) is 18.5. The van der Waals surface area contributed by atoms with Crippen LogP contribution in [-0.2, 0) is 0 Å². The van der Waals surface area contributed by atoms with Gasteiger partial charge < -0.3 is 4.42 Å². The molecule has 0 aliphatic rings. The lowest BCUT2D eigenvalue weighted by Crippen LogP contribution is -1.96. The topological polar surface area (TPSA) is 63.3 Å². The highest BCUT2D eigenvalue weighted by atomic mass is 19.1. The number of benzene rings is 3. The second-order valence-corrected chi connectivity index (χ2v) is 6.36. The molecule has 4 rings (SSSR count). The number of hydrazone groups is 1. The predicted octanol–water partition coefficient (Wildman–Crippen LogP) is 5.44. The number of halogens is 2. The maximum absolute atomic E-state index is 13.6. The van der Waals surface area contributed by atoms with Crippen LogP contribution in [0, 0.1) is 18.6 Å². The molecule has 7 heteroatoms. The van der Waals surface area contributed by atoms with E-state index in [1.807, 2.05) is 49.4 Å². The zero-order valence-electron chi connectivity index (χ0n) is 15.4. The average Bonchev–Trinajstić information content (AvgIpc) is 3.26. The molecule has 0 aliphatic carbocycles. The van der Waals surface area contributed by atoms with Gasteiger partial charge in [0, 0.05) is 5.56 Å². The zero-order chi connectivity index (χ0) is 20.2. The first-order chi connectivity index (χ1) is 14.1. The van der Waals surface area contributed by atoms with Crippen molar-refractivity contribution in [1.29, 1.82) is 0 Å².